The predicted molar refractivity (Wildman–Crippen MR) is 77.7 cm³/mol. The molecule has 0 spiro atoms. The number of benzene rings is 1. The summed E-state index contributed by atoms with van der Waals surface area (Å²) in [7, 11) is 0. The van der Waals surface area contributed by atoms with Gasteiger partial charge in [0.05, 0.1) is 5.39 Å². The van der Waals surface area contributed by atoms with Crippen LogP contribution in [0.5, 0.6) is 0 Å². The lowest BCUT2D eigenvalue weighted by molar-refractivity contribution is 0.566. The van der Waals surface area contributed by atoms with E-state index < -0.39 is 11.6 Å². The summed E-state index contributed by atoms with van der Waals surface area (Å²) in [4.78, 5) is 9.23. The summed E-state index contributed by atoms with van der Waals surface area (Å²) in [5.74, 6) is -0.632. The quantitative estimate of drug-likeness (QED) is 0.590. The zero-order valence-electron chi connectivity index (χ0n) is 10.1. The number of halogens is 2. The molecule has 2 aromatic heterocycles. The largest absolute Gasteiger partial charge is 0.383 e. The second-order valence-electron chi connectivity index (χ2n) is 4.02. The summed E-state index contributed by atoms with van der Waals surface area (Å²) in [5, 5.41) is 3.09. The maximum absolute atomic E-state index is 13.5. The molecular formula is C13H9F2N3S2. The first-order valence-corrected chi connectivity index (χ1v) is 7.58. The molecule has 0 aliphatic heterocycles. The number of fused-ring (bicyclic) bond motifs is 1. The average Bonchev–Trinajstić information content (AvgIpc) is 2.87. The maximum atomic E-state index is 13.5. The van der Waals surface area contributed by atoms with Crippen molar-refractivity contribution in [3.63, 3.8) is 0 Å². The number of nitrogens with two attached hydrogens (primary N) is 1. The molecule has 0 saturated heterocycles. The van der Waals surface area contributed by atoms with Crippen molar-refractivity contribution < 1.29 is 8.78 Å². The van der Waals surface area contributed by atoms with Gasteiger partial charge in [0.25, 0.3) is 0 Å². The van der Waals surface area contributed by atoms with E-state index in [-0.39, 0.29) is 11.3 Å². The van der Waals surface area contributed by atoms with Crippen LogP contribution >= 0.6 is 23.1 Å². The standard InChI is InChI=1S/C13H9F2N3S2/c14-9-2-1-3-10(15)8(9)6-20-13-17-11(16)7-4-5-19-12(7)18-13/h1-5H,6H2,(H2,16,17,18). The molecule has 3 aromatic rings. The molecule has 2 N–H and O–H groups in total. The molecule has 0 unspecified atom stereocenters. The Labute approximate surface area is 121 Å². The van der Waals surface area contributed by atoms with E-state index in [0.29, 0.717) is 11.0 Å². The minimum atomic E-state index is -0.567. The first kappa shape index (κ1) is 13.3. The molecule has 0 fully saturated rings. The molecule has 3 rings (SSSR count). The van der Waals surface area contributed by atoms with E-state index in [4.69, 9.17) is 5.73 Å². The van der Waals surface area contributed by atoms with E-state index in [0.717, 1.165) is 22.0 Å². The molecule has 102 valence electrons. The van der Waals surface area contributed by atoms with Crippen LogP contribution in [-0.2, 0) is 5.75 Å². The lowest BCUT2D eigenvalue weighted by Gasteiger charge is -2.05. The van der Waals surface area contributed by atoms with Crippen LogP contribution in [0.1, 0.15) is 5.56 Å². The van der Waals surface area contributed by atoms with Crippen molar-refractivity contribution in [2.45, 2.75) is 10.9 Å². The molecule has 3 nitrogen and oxygen atoms in total. The second kappa shape index (κ2) is 5.34. The number of hydrogen-bond acceptors (Lipinski definition) is 5. The predicted octanol–water partition coefficient (Wildman–Crippen LogP) is 3.84. The number of anilines is 1. The molecule has 0 saturated carbocycles. The number of rotatable bonds is 3. The van der Waals surface area contributed by atoms with Crippen LogP contribution in [0.2, 0.25) is 0 Å². The van der Waals surface area contributed by atoms with Gasteiger partial charge in [-0.2, -0.15) is 0 Å². The summed E-state index contributed by atoms with van der Waals surface area (Å²) < 4.78 is 27.0. The van der Waals surface area contributed by atoms with E-state index in [1.54, 1.807) is 0 Å². The van der Waals surface area contributed by atoms with Crippen molar-refractivity contribution in [3.05, 3.63) is 46.8 Å². The highest BCUT2D eigenvalue weighted by atomic mass is 32.2. The number of nitrogens with zero attached hydrogens (tertiary/aromatic N) is 2. The van der Waals surface area contributed by atoms with Crippen molar-refractivity contribution in [1.29, 1.82) is 0 Å². The normalized spacial score (nSPS) is 11.1. The SMILES string of the molecule is Nc1nc(SCc2c(F)cccc2F)nc2sccc12. The van der Waals surface area contributed by atoms with E-state index in [9.17, 15) is 8.78 Å². The van der Waals surface area contributed by atoms with Crippen molar-refractivity contribution in [2.75, 3.05) is 5.73 Å². The first-order chi connectivity index (χ1) is 9.65. The molecule has 0 radical (unpaired) electrons. The highest BCUT2D eigenvalue weighted by Crippen LogP contribution is 2.28. The molecule has 0 bridgehead atoms. The summed E-state index contributed by atoms with van der Waals surface area (Å²) in [6.45, 7) is 0. The Morgan fingerprint density at radius 1 is 1.15 bits per heavy atom. The van der Waals surface area contributed by atoms with Crippen molar-refractivity contribution in [1.82, 2.24) is 9.97 Å². The molecule has 0 atom stereocenters. The van der Waals surface area contributed by atoms with Crippen molar-refractivity contribution in [2.24, 2.45) is 0 Å². The fourth-order valence-electron chi connectivity index (χ4n) is 1.73. The Hall–Kier alpha value is -1.73. The minimum absolute atomic E-state index is 0.0194. The third kappa shape index (κ3) is 2.46. The van der Waals surface area contributed by atoms with Crippen LogP contribution in [-0.4, -0.2) is 9.97 Å². The molecule has 0 aliphatic carbocycles. The number of hydrogen-bond donors (Lipinski definition) is 1. The van der Waals surface area contributed by atoms with Crippen LogP contribution in [0.3, 0.4) is 0 Å². The second-order valence-corrected chi connectivity index (χ2v) is 5.86. The fourth-order valence-corrected chi connectivity index (χ4v) is 3.43. The van der Waals surface area contributed by atoms with Gasteiger partial charge in [-0.1, -0.05) is 17.8 Å². The Balaban J connectivity index is 1.87. The van der Waals surface area contributed by atoms with Gasteiger partial charge < -0.3 is 5.73 Å². The topological polar surface area (TPSA) is 51.8 Å². The fraction of sp³-hybridized carbons (Fsp3) is 0.0769. The van der Waals surface area contributed by atoms with Crippen LogP contribution in [0.15, 0.2) is 34.8 Å². The monoisotopic (exact) mass is 309 g/mol. The number of thioether (sulfide) groups is 1. The van der Waals surface area contributed by atoms with Gasteiger partial charge in [0, 0.05) is 11.3 Å². The molecular weight excluding hydrogens is 300 g/mol. The minimum Gasteiger partial charge on any atom is -0.383 e. The zero-order valence-corrected chi connectivity index (χ0v) is 11.8. The number of thiophene rings is 1. The highest BCUT2D eigenvalue weighted by Gasteiger charge is 2.11. The van der Waals surface area contributed by atoms with E-state index in [1.807, 2.05) is 11.4 Å². The Morgan fingerprint density at radius 3 is 2.65 bits per heavy atom. The third-order valence-corrected chi connectivity index (χ3v) is 4.42. The van der Waals surface area contributed by atoms with Gasteiger partial charge in [-0.25, -0.2) is 18.7 Å². The number of aromatic nitrogens is 2. The average molecular weight is 309 g/mol. The van der Waals surface area contributed by atoms with Crippen molar-refractivity contribution in [3.8, 4) is 0 Å². The summed E-state index contributed by atoms with van der Waals surface area (Å²) in [5.41, 5.74) is 5.84. The van der Waals surface area contributed by atoms with Gasteiger partial charge in [0.15, 0.2) is 5.16 Å². The van der Waals surface area contributed by atoms with Crippen LogP contribution in [0.4, 0.5) is 14.6 Å². The Kier molecular flexibility index (Phi) is 3.54. The van der Waals surface area contributed by atoms with Gasteiger partial charge in [-0.15, -0.1) is 11.3 Å². The molecule has 1 aromatic carbocycles. The van der Waals surface area contributed by atoms with E-state index in [2.05, 4.69) is 9.97 Å². The Morgan fingerprint density at radius 2 is 1.90 bits per heavy atom. The van der Waals surface area contributed by atoms with E-state index >= 15 is 0 Å². The van der Waals surface area contributed by atoms with Gasteiger partial charge in [-0.3, -0.25) is 0 Å². The number of nitrogen functional groups attached to an aromatic ring is 1. The summed E-state index contributed by atoms with van der Waals surface area (Å²) in [6.07, 6.45) is 0. The van der Waals surface area contributed by atoms with Gasteiger partial charge in [-0.05, 0) is 23.6 Å². The van der Waals surface area contributed by atoms with Crippen LogP contribution in [0.25, 0.3) is 10.2 Å². The first-order valence-electron chi connectivity index (χ1n) is 5.71. The van der Waals surface area contributed by atoms with Gasteiger partial charge in [0.1, 0.15) is 22.3 Å². The van der Waals surface area contributed by atoms with Crippen LogP contribution in [0, 0.1) is 11.6 Å². The maximum Gasteiger partial charge on any atom is 0.191 e. The zero-order chi connectivity index (χ0) is 14.1. The molecule has 20 heavy (non-hydrogen) atoms. The van der Waals surface area contributed by atoms with Crippen molar-refractivity contribution >= 4 is 39.1 Å². The smallest absolute Gasteiger partial charge is 0.191 e. The lowest BCUT2D eigenvalue weighted by Crippen LogP contribution is -1.97. The summed E-state index contributed by atoms with van der Waals surface area (Å²) >= 11 is 2.61. The molecule has 0 amide bonds. The van der Waals surface area contributed by atoms with Crippen LogP contribution < -0.4 is 5.73 Å². The van der Waals surface area contributed by atoms with E-state index in [1.165, 1.54) is 29.5 Å². The Bertz CT molecular complexity index is 753. The lowest BCUT2D eigenvalue weighted by atomic mass is 10.2. The molecule has 2 heterocycles. The van der Waals surface area contributed by atoms with Gasteiger partial charge in [0.2, 0.25) is 0 Å². The molecule has 0 aliphatic rings. The molecule has 7 heteroatoms. The third-order valence-electron chi connectivity index (χ3n) is 2.74. The summed E-state index contributed by atoms with van der Waals surface area (Å²) in [6, 6.07) is 5.65. The van der Waals surface area contributed by atoms with Gasteiger partial charge >= 0.3 is 0 Å². The highest BCUT2D eigenvalue weighted by molar-refractivity contribution is 7.98.